The van der Waals surface area contributed by atoms with Crippen LogP contribution in [0.25, 0.3) is 0 Å². The Labute approximate surface area is 141 Å². The minimum absolute atomic E-state index is 0. The van der Waals surface area contributed by atoms with E-state index in [0.29, 0.717) is 25.0 Å². The molecule has 1 amide bonds. The van der Waals surface area contributed by atoms with Gasteiger partial charge in [-0.1, -0.05) is 15.9 Å². The van der Waals surface area contributed by atoms with Crippen LogP contribution in [0.5, 0.6) is 0 Å². The molecule has 1 heterocycles. The van der Waals surface area contributed by atoms with Gasteiger partial charge in [0.1, 0.15) is 0 Å². The van der Waals surface area contributed by atoms with E-state index in [-0.39, 0.29) is 18.3 Å². The van der Waals surface area contributed by atoms with Crippen LogP contribution >= 0.6 is 28.3 Å². The van der Waals surface area contributed by atoms with Crippen molar-refractivity contribution in [2.45, 2.75) is 26.3 Å². The topological polar surface area (TPSA) is 58.4 Å². The van der Waals surface area contributed by atoms with Crippen molar-refractivity contribution in [2.24, 2.45) is 11.7 Å². The summed E-state index contributed by atoms with van der Waals surface area (Å²) in [4.78, 5) is 14.4. The Morgan fingerprint density at radius 2 is 2.24 bits per heavy atom. The van der Waals surface area contributed by atoms with E-state index in [1.54, 1.807) is 0 Å². The minimum atomic E-state index is 0. The fourth-order valence-electron chi connectivity index (χ4n) is 2.75. The molecule has 3 N–H and O–H groups in total. The van der Waals surface area contributed by atoms with Crippen molar-refractivity contribution in [3.8, 4) is 0 Å². The fourth-order valence-corrected chi connectivity index (χ4v) is 3.23. The van der Waals surface area contributed by atoms with Crippen molar-refractivity contribution in [3.63, 3.8) is 0 Å². The first-order valence-corrected chi connectivity index (χ1v) is 7.79. The normalized spacial score (nSPS) is 21.9. The van der Waals surface area contributed by atoms with E-state index in [9.17, 15) is 4.79 Å². The second-order valence-corrected chi connectivity index (χ2v) is 6.54. The van der Waals surface area contributed by atoms with Crippen LogP contribution in [-0.2, 0) is 4.79 Å². The number of nitrogens with zero attached hydrogens (tertiary/aromatic N) is 1. The summed E-state index contributed by atoms with van der Waals surface area (Å²) in [6.07, 6.45) is 1.08. The van der Waals surface area contributed by atoms with Crippen LogP contribution in [0.1, 0.15) is 18.9 Å². The van der Waals surface area contributed by atoms with Crippen molar-refractivity contribution in [3.05, 3.63) is 28.2 Å². The SMILES string of the molecule is Cc1cc(Br)ccc1NC(=O)CN1CC(CN)CC1C.Cl. The third-order valence-electron chi connectivity index (χ3n) is 3.93. The Balaban J connectivity index is 0.00000220. The van der Waals surface area contributed by atoms with Crippen molar-refractivity contribution in [1.29, 1.82) is 0 Å². The lowest BCUT2D eigenvalue weighted by Crippen LogP contribution is -2.36. The van der Waals surface area contributed by atoms with Crippen LogP contribution in [0.2, 0.25) is 0 Å². The molecule has 2 unspecified atom stereocenters. The highest BCUT2D eigenvalue weighted by molar-refractivity contribution is 9.10. The highest BCUT2D eigenvalue weighted by atomic mass is 79.9. The van der Waals surface area contributed by atoms with Crippen LogP contribution in [0, 0.1) is 12.8 Å². The number of amides is 1. The number of rotatable bonds is 4. The van der Waals surface area contributed by atoms with Crippen molar-refractivity contribution in [1.82, 2.24) is 4.90 Å². The molecular weight excluding hydrogens is 354 g/mol. The number of carbonyl (C=O) groups excluding carboxylic acids is 1. The first kappa shape index (κ1) is 18.4. The summed E-state index contributed by atoms with van der Waals surface area (Å²) in [6.45, 7) is 6.21. The maximum absolute atomic E-state index is 12.2. The van der Waals surface area contributed by atoms with Gasteiger partial charge in [0.2, 0.25) is 5.91 Å². The molecule has 1 fully saturated rings. The Hall–Kier alpha value is -0.620. The van der Waals surface area contributed by atoms with Crippen LogP contribution in [-0.4, -0.2) is 36.5 Å². The van der Waals surface area contributed by atoms with E-state index in [0.717, 1.165) is 28.7 Å². The number of nitrogens with one attached hydrogen (secondary N) is 1. The van der Waals surface area contributed by atoms with Gasteiger partial charge in [0.05, 0.1) is 6.54 Å². The lowest BCUT2D eigenvalue weighted by Gasteiger charge is -2.20. The van der Waals surface area contributed by atoms with Gasteiger partial charge in [0.15, 0.2) is 0 Å². The molecule has 1 saturated heterocycles. The van der Waals surface area contributed by atoms with Crippen LogP contribution in [0.15, 0.2) is 22.7 Å². The first-order valence-electron chi connectivity index (χ1n) is 6.99. The molecule has 1 aliphatic heterocycles. The zero-order chi connectivity index (χ0) is 14.7. The second-order valence-electron chi connectivity index (χ2n) is 5.62. The molecule has 4 nitrogen and oxygen atoms in total. The average Bonchev–Trinajstić information content (AvgIpc) is 2.74. The highest BCUT2D eigenvalue weighted by Gasteiger charge is 2.29. The fraction of sp³-hybridized carbons (Fsp3) is 0.533. The van der Waals surface area contributed by atoms with E-state index in [4.69, 9.17) is 5.73 Å². The van der Waals surface area contributed by atoms with E-state index in [2.05, 4.69) is 33.1 Å². The predicted molar refractivity (Wildman–Crippen MR) is 93.0 cm³/mol. The van der Waals surface area contributed by atoms with E-state index < -0.39 is 0 Å². The van der Waals surface area contributed by atoms with E-state index in [1.165, 1.54) is 0 Å². The quantitative estimate of drug-likeness (QED) is 0.849. The molecule has 0 saturated carbocycles. The number of nitrogens with two attached hydrogens (primary N) is 1. The summed E-state index contributed by atoms with van der Waals surface area (Å²) in [5.41, 5.74) is 7.65. The van der Waals surface area contributed by atoms with Gasteiger partial charge in [-0.2, -0.15) is 0 Å². The van der Waals surface area contributed by atoms with Gasteiger partial charge in [-0.3, -0.25) is 9.69 Å². The highest BCUT2D eigenvalue weighted by Crippen LogP contribution is 2.23. The molecule has 1 aliphatic rings. The molecule has 21 heavy (non-hydrogen) atoms. The van der Waals surface area contributed by atoms with E-state index >= 15 is 0 Å². The number of carbonyl (C=O) groups is 1. The lowest BCUT2D eigenvalue weighted by molar-refractivity contribution is -0.117. The largest absolute Gasteiger partial charge is 0.330 e. The molecule has 0 aromatic heterocycles. The monoisotopic (exact) mass is 375 g/mol. The number of hydrogen-bond acceptors (Lipinski definition) is 3. The molecule has 1 aromatic rings. The number of halogens is 2. The van der Waals surface area contributed by atoms with Crippen LogP contribution in [0.3, 0.4) is 0 Å². The van der Waals surface area contributed by atoms with Gasteiger partial charge in [0.25, 0.3) is 0 Å². The third-order valence-corrected chi connectivity index (χ3v) is 4.43. The number of aryl methyl sites for hydroxylation is 1. The molecular formula is C15H23BrClN3O. The molecule has 1 aromatic carbocycles. The van der Waals surface area contributed by atoms with E-state index in [1.807, 2.05) is 25.1 Å². The molecule has 0 aliphatic carbocycles. The summed E-state index contributed by atoms with van der Waals surface area (Å²) in [5.74, 6) is 0.562. The predicted octanol–water partition coefficient (Wildman–Crippen LogP) is 2.79. The van der Waals surface area contributed by atoms with Gasteiger partial charge >= 0.3 is 0 Å². The molecule has 0 bridgehead atoms. The smallest absolute Gasteiger partial charge is 0.238 e. The number of hydrogen-bond donors (Lipinski definition) is 2. The molecule has 6 heteroatoms. The van der Waals surface area contributed by atoms with Crippen LogP contribution in [0.4, 0.5) is 5.69 Å². The zero-order valence-electron chi connectivity index (χ0n) is 12.4. The molecule has 0 radical (unpaired) electrons. The molecule has 0 spiro atoms. The molecule has 2 rings (SSSR count). The standard InChI is InChI=1S/C15H22BrN3O.ClH/c1-10-5-13(16)3-4-14(10)18-15(20)9-19-8-12(7-17)6-11(19)2;/h3-5,11-12H,6-9,17H2,1-2H3,(H,18,20);1H. The van der Waals surface area contributed by atoms with Crippen molar-refractivity contribution in [2.75, 3.05) is 25.0 Å². The lowest BCUT2D eigenvalue weighted by atomic mass is 10.1. The Morgan fingerprint density at radius 3 is 2.81 bits per heavy atom. The van der Waals surface area contributed by atoms with Crippen molar-refractivity contribution >= 4 is 39.9 Å². The molecule has 118 valence electrons. The van der Waals surface area contributed by atoms with Crippen molar-refractivity contribution < 1.29 is 4.79 Å². The minimum Gasteiger partial charge on any atom is -0.330 e. The van der Waals surface area contributed by atoms with Gasteiger partial charge in [0, 0.05) is 22.7 Å². The number of benzene rings is 1. The summed E-state index contributed by atoms with van der Waals surface area (Å²) >= 11 is 3.42. The Kier molecular flexibility index (Phi) is 7.13. The summed E-state index contributed by atoms with van der Waals surface area (Å²) in [5, 5.41) is 2.99. The van der Waals surface area contributed by atoms with Gasteiger partial charge in [-0.05, 0) is 56.5 Å². The summed E-state index contributed by atoms with van der Waals surface area (Å²) in [6, 6.07) is 6.29. The Morgan fingerprint density at radius 1 is 1.52 bits per heavy atom. The van der Waals surface area contributed by atoms with Crippen LogP contribution < -0.4 is 11.1 Å². The maximum atomic E-state index is 12.2. The summed E-state index contributed by atoms with van der Waals surface area (Å²) < 4.78 is 1.02. The van der Waals surface area contributed by atoms with Gasteiger partial charge in [-0.25, -0.2) is 0 Å². The average molecular weight is 377 g/mol. The van der Waals surface area contributed by atoms with Gasteiger partial charge in [-0.15, -0.1) is 12.4 Å². The Bertz CT molecular complexity index is 498. The van der Waals surface area contributed by atoms with Gasteiger partial charge < -0.3 is 11.1 Å². The maximum Gasteiger partial charge on any atom is 0.238 e. The first-order chi connectivity index (χ1) is 9.49. The zero-order valence-corrected chi connectivity index (χ0v) is 14.8. The number of likely N-dealkylation sites (tertiary alicyclic amines) is 1. The number of anilines is 1. The third kappa shape index (κ3) is 4.95. The summed E-state index contributed by atoms with van der Waals surface area (Å²) in [7, 11) is 0. The molecule has 2 atom stereocenters. The second kappa shape index (κ2) is 8.13.